The molecule has 6 nitrogen and oxygen atoms in total. The minimum atomic E-state index is -1.07. The van der Waals surface area contributed by atoms with E-state index in [1.165, 1.54) is 0 Å². The van der Waals surface area contributed by atoms with Gasteiger partial charge in [0.2, 0.25) is 5.95 Å². The Balaban J connectivity index is 1.40. The van der Waals surface area contributed by atoms with Crippen molar-refractivity contribution < 1.29 is 46.9 Å². The molecule has 4 heterocycles. The van der Waals surface area contributed by atoms with Crippen LogP contribution >= 0.6 is 0 Å². The Hall–Kier alpha value is -7.83. The molecule has 0 spiro atoms. The van der Waals surface area contributed by atoms with Gasteiger partial charge >= 0.3 is 0 Å². The number of hydrogen-bond acceptors (Lipinski definition) is 4. The minimum absolute atomic E-state index is 0.593. The Morgan fingerprint density at radius 3 is 1.58 bits per heavy atom. The van der Waals surface area contributed by atoms with Crippen LogP contribution in [0, 0.1) is 0 Å². The van der Waals surface area contributed by atoms with Gasteiger partial charge in [0.05, 0.1) is 64.6 Å². The molecular weight excluding hydrogens is 699 g/mol. The Labute approximate surface area is 370 Å². The lowest BCUT2D eigenvalue weighted by Gasteiger charge is -2.13. The average Bonchev–Trinajstić information content (AvgIpc) is 1.55. The normalized spacial score (nSPS) is 19.5. The highest BCUT2D eigenvalue weighted by molar-refractivity contribution is 6.24. The topological polar surface area (TPSA) is 61.7 Å². The van der Waals surface area contributed by atoms with Crippen molar-refractivity contribution in [3.8, 4) is 45.5 Å². The van der Waals surface area contributed by atoms with Crippen molar-refractivity contribution in [2.45, 2.75) is 0 Å². The second-order valence-electron chi connectivity index (χ2n) is 12.1. The summed E-state index contributed by atoms with van der Waals surface area (Å²) in [6.07, 6.45) is 0. The van der Waals surface area contributed by atoms with Crippen molar-refractivity contribution in [3.63, 3.8) is 0 Å². The van der Waals surface area contributed by atoms with E-state index in [1.807, 2.05) is 0 Å². The Bertz CT molecular complexity index is 5190. The molecule has 57 heavy (non-hydrogen) atoms. The number of furan rings is 1. The van der Waals surface area contributed by atoms with Crippen molar-refractivity contribution >= 4 is 65.6 Å². The minimum Gasteiger partial charge on any atom is -0.456 e. The maximum absolute atomic E-state index is 10.2. The van der Waals surface area contributed by atoms with Crippen LogP contribution in [0.4, 0.5) is 0 Å². The van der Waals surface area contributed by atoms with E-state index in [-0.39, 0.29) is 0 Å². The zero-order chi connectivity index (χ0) is 64.4. The van der Waals surface area contributed by atoms with Gasteiger partial charge in [0.15, 0.2) is 11.6 Å². The summed E-state index contributed by atoms with van der Waals surface area (Å²) in [5, 5.41) is -3.85. The second-order valence-corrected chi connectivity index (χ2v) is 12.1. The van der Waals surface area contributed by atoms with E-state index in [9.17, 15) is 13.7 Å². The fourth-order valence-corrected chi connectivity index (χ4v) is 6.76. The third-order valence-electron chi connectivity index (χ3n) is 9.04. The van der Waals surface area contributed by atoms with Crippen LogP contribution in [0.3, 0.4) is 0 Å². The molecule has 8 aromatic carbocycles. The standard InChI is InChI=1S/C51H31N5O/c1-4-15-32(16-5-1)36-23-14-26-45-46(36)41-31-35(27-30-44(41)57-45)55-42-24-12-10-21-37(42)39-28-29-40-38-22-11-13-25-43(38)56(48(40)47(39)55)51-53-49(33-17-6-2-7-18-33)52-50(54-51)34-19-8-3-9-20-34/h1-31H/i1D,2D,3D,4D,5D,6D,7D,8D,9D,10D,11D,12D,13D,14D,15D,16D,17D,18D,19D,20D,21D,22D,23D,24D,25D,26D,27D,28D,29D,30D,31D. The van der Waals surface area contributed by atoms with E-state index < -0.39 is 298 Å². The molecule has 12 rings (SSSR count). The van der Waals surface area contributed by atoms with E-state index in [1.54, 1.807) is 0 Å². The zero-order valence-electron chi connectivity index (χ0n) is 59.1. The summed E-state index contributed by atoms with van der Waals surface area (Å²) in [6, 6.07) is -29.5. The summed E-state index contributed by atoms with van der Waals surface area (Å²) in [7, 11) is 0. The number of fused-ring (bicyclic) bond motifs is 10. The van der Waals surface area contributed by atoms with E-state index in [2.05, 4.69) is 15.0 Å². The van der Waals surface area contributed by atoms with Gasteiger partial charge in [-0.3, -0.25) is 4.57 Å². The summed E-state index contributed by atoms with van der Waals surface area (Å²) < 4.78 is 288. The predicted octanol–water partition coefficient (Wildman–Crippen LogP) is 13.0. The Kier molecular flexibility index (Phi) is 2.97. The number of para-hydroxylation sites is 2. The highest BCUT2D eigenvalue weighted by atomic mass is 16.3. The highest BCUT2D eigenvalue weighted by Gasteiger charge is 2.24. The number of aromatic nitrogens is 5. The second kappa shape index (κ2) is 12.3. The molecular formula is C51H31N5O. The van der Waals surface area contributed by atoms with Crippen LogP contribution in [0.5, 0.6) is 0 Å². The molecule has 0 bridgehead atoms. The molecule has 266 valence electrons. The van der Waals surface area contributed by atoms with Crippen LogP contribution in [-0.4, -0.2) is 24.1 Å². The average molecular weight is 761 g/mol. The van der Waals surface area contributed by atoms with Gasteiger partial charge in [-0.25, -0.2) is 4.98 Å². The first-order valence-corrected chi connectivity index (χ1v) is 16.6. The molecule has 0 saturated carbocycles. The Morgan fingerprint density at radius 2 is 0.947 bits per heavy atom. The monoisotopic (exact) mass is 760 g/mol. The lowest BCUT2D eigenvalue weighted by molar-refractivity contribution is 0.669. The van der Waals surface area contributed by atoms with Crippen LogP contribution in [0.2, 0.25) is 0 Å². The largest absolute Gasteiger partial charge is 0.456 e. The number of nitrogens with zero attached hydrogens (tertiary/aromatic N) is 5. The zero-order valence-corrected chi connectivity index (χ0v) is 28.1. The van der Waals surface area contributed by atoms with Gasteiger partial charge in [0.1, 0.15) is 11.2 Å². The number of benzene rings is 8. The van der Waals surface area contributed by atoms with E-state index >= 15 is 0 Å². The van der Waals surface area contributed by atoms with Gasteiger partial charge < -0.3 is 8.98 Å². The molecule has 6 heteroatoms. The van der Waals surface area contributed by atoms with Gasteiger partial charge in [0, 0.05) is 49.1 Å². The van der Waals surface area contributed by atoms with Gasteiger partial charge in [0.25, 0.3) is 0 Å². The lowest BCUT2D eigenvalue weighted by Crippen LogP contribution is -2.07. The molecule has 0 aliphatic rings. The molecule has 0 fully saturated rings. The van der Waals surface area contributed by atoms with Crippen LogP contribution in [0.1, 0.15) is 42.5 Å². The van der Waals surface area contributed by atoms with Crippen LogP contribution < -0.4 is 0 Å². The van der Waals surface area contributed by atoms with Gasteiger partial charge in [-0.05, 0) is 47.4 Å². The van der Waals surface area contributed by atoms with Crippen molar-refractivity contribution in [1.29, 1.82) is 0 Å². The molecule has 4 aromatic heterocycles. The maximum Gasteiger partial charge on any atom is 0.238 e. The number of rotatable bonds is 5. The third-order valence-corrected chi connectivity index (χ3v) is 9.04. The maximum atomic E-state index is 10.2. The van der Waals surface area contributed by atoms with Crippen molar-refractivity contribution in [2.75, 3.05) is 0 Å². The predicted molar refractivity (Wildman–Crippen MR) is 232 cm³/mol. The van der Waals surface area contributed by atoms with Crippen LogP contribution in [0.25, 0.3) is 111 Å². The van der Waals surface area contributed by atoms with Crippen LogP contribution in [-0.2, 0) is 0 Å². The van der Waals surface area contributed by atoms with Gasteiger partial charge in [-0.15, -0.1) is 0 Å². The summed E-state index contributed by atoms with van der Waals surface area (Å²) in [5.74, 6) is -2.80. The quantitative estimate of drug-likeness (QED) is 0.175. The van der Waals surface area contributed by atoms with E-state index in [0.717, 1.165) is 9.13 Å². The number of hydrogen-bond donors (Lipinski definition) is 0. The van der Waals surface area contributed by atoms with Gasteiger partial charge in [-0.1, -0.05) is 151 Å². The molecule has 0 unspecified atom stereocenters. The third kappa shape index (κ3) is 4.81. The molecule has 0 aliphatic heterocycles. The molecule has 0 N–H and O–H groups in total. The fraction of sp³-hybridized carbons (Fsp3) is 0. The molecule has 0 radical (unpaired) electrons. The molecule has 0 atom stereocenters. The summed E-state index contributed by atoms with van der Waals surface area (Å²) in [5.41, 5.74) is -8.25. The molecule has 0 saturated heterocycles. The smallest absolute Gasteiger partial charge is 0.238 e. The lowest BCUT2D eigenvalue weighted by atomic mass is 9.99. The molecule has 12 aromatic rings. The van der Waals surface area contributed by atoms with E-state index in [4.69, 9.17) is 33.2 Å². The first-order chi connectivity index (χ1) is 41.2. The first kappa shape index (κ1) is 13.7. The molecule has 0 aliphatic carbocycles. The SMILES string of the molecule is [2H]c1c([2H])c([2H])c(-c2nc(-c3c([2H])c([2H])c([2H])c([2H])c3[2H])nc(-n3c4c([2H])c([2H])c([2H])c([2H])c4c4c([2H])c([2H])c5c6c([2H])c([2H])c([2H])c([2H])c6n(-c6c([2H])c([2H])c7oc8c([2H])c([2H])c([2H])c(-c9c([2H])c([2H])c([2H])c([2H])c9[2H])c8c7c6[2H])c5c43)n2)c([2H])c1[2H]. The summed E-state index contributed by atoms with van der Waals surface area (Å²) in [6.45, 7) is 0. The van der Waals surface area contributed by atoms with Crippen molar-refractivity contribution in [1.82, 2.24) is 24.1 Å². The van der Waals surface area contributed by atoms with Crippen molar-refractivity contribution in [2.24, 2.45) is 0 Å². The first-order valence-electron chi connectivity index (χ1n) is 32.1. The van der Waals surface area contributed by atoms with E-state index in [0.29, 0.717) is 0 Å². The highest BCUT2D eigenvalue weighted by Crippen LogP contribution is 2.43. The summed E-state index contributed by atoms with van der Waals surface area (Å²) >= 11 is 0. The Morgan fingerprint density at radius 1 is 0.404 bits per heavy atom. The summed E-state index contributed by atoms with van der Waals surface area (Å²) in [4.78, 5) is 13.4. The van der Waals surface area contributed by atoms with Crippen molar-refractivity contribution in [3.05, 3.63) is 187 Å². The molecule has 0 amide bonds. The fourth-order valence-electron chi connectivity index (χ4n) is 6.76. The van der Waals surface area contributed by atoms with Gasteiger partial charge in [-0.2, -0.15) is 9.97 Å². The van der Waals surface area contributed by atoms with Crippen LogP contribution in [0.15, 0.2) is 192 Å².